The van der Waals surface area contributed by atoms with Crippen LogP contribution in [0.25, 0.3) is 16.9 Å². The maximum Gasteiger partial charge on any atom is 0.312 e. The molecule has 0 fully saturated rings. The predicted molar refractivity (Wildman–Crippen MR) is 131 cm³/mol. The molecule has 1 unspecified atom stereocenters. The van der Waals surface area contributed by atoms with Crippen LogP contribution < -0.4 is 21.3 Å². The number of primary amides is 1. The number of benzene rings is 1. The molecule has 0 spiro atoms. The molecule has 35 heavy (non-hydrogen) atoms. The molecule has 4 N–H and O–H groups in total. The maximum atomic E-state index is 13.0. The van der Waals surface area contributed by atoms with E-state index in [2.05, 4.69) is 25.6 Å². The molecule has 3 amide bonds. The lowest BCUT2D eigenvalue weighted by Gasteiger charge is -2.25. The number of aryl methyl sites for hydroxylation is 1. The van der Waals surface area contributed by atoms with Crippen LogP contribution in [-0.2, 0) is 4.79 Å². The van der Waals surface area contributed by atoms with Crippen molar-refractivity contribution >= 4 is 28.7 Å². The zero-order valence-corrected chi connectivity index (χ0v) is 19.6. The smallest absolute Gasteiger partial charge is 0.312 e. The van der Waals surface area contributed by atoms with Crippen LogP contribution in [0.3, 0.4) is 0 Å². The topological polar surface area (TPSA) is 144 Å². The van der Waals surface area contributed by atoms with Crippen molar-refractivity contribution in [3.05, 3.63) is 66.6 Å². The summed E-state index contributed by atoms with van der Waals surface area (Å²) in [5, 5.41) is 6.62. The van der Waals surface area contributed by atoms with Crippen LogP contribution >= 0.6 is 0 Å². The summed E-state index contributed by atoms with van der Waals surface area (Å²) in [5.74, 6) is 0.899. The zero-order chi connectivity index (χ0) is 24.8. The molecular weight excluding hydrogens is 448 g/mol. The van der Waals surface area contributed by atoms with Crippen molar-refractivity contribution in [1.82, 2.24) is 30.2 Å². The molecule has 0 bridgehead atoms. The SMILES string of the molecule is Cc1cc(N(CCCNC(N)=O)CC(=O)NC(C)c2ccc3occc3c2)nc(-n2ccnc2)n1. The minimum atomic E-state index is -0.585. The molecule has 4 aromatic rings. The van der Waals surface area contributed by atoms with Crippen molar-refractivity contribution in [2.45, 2.75) is 26.3 Å². The standard InChI is InChI=1S/C24H28N8O3/c1-16-12-21(30-24(28-16)32-10-8-26-15-32)31(9-3-7-27-23(25)34)14-22(33)29-17(2)18-4-5-20-19(13-18)6-11-35-20/h4-6,8,10-13,15,17H,3,7,9,14H2,1-2H3,(H,29,33)(H3,25,27,34). The van der Waals surface area contributed by atoms with E-state index in [1.807, 2.05) is 49.1 Å². The number of fused-ring (bicyclic) bond motifs is 1. The second-order valence-electron chi connectivity index (χ2n) is 8.21. The van der Waals surface area contributed by atoms with E-state index in [9.17, 15) is 9.59 Å². The van der Waals surface area contributed by atoms with Gasteiger partial charge in [0, 0.05) is 42.6 Å². The summed E-state index contributed by atoms with van der Waals surface area (Å²) in [6.45, 7) is 4.74. The number of carbonyl (C=O) groups is 2. The van der Waals surface area contributed by atoms with Gasteiger partial charge in [0.05, 0.1) is 18.8 Å². The number of furan rings is 1. The summed E-state index contributed by atoms with van der Waals surface area (Å²) in [7, 11) is 0. The van der Waals surface area contributed by atoms with Gasteiger partial charge >= 0.3 is 6.03 Å². The van der Waals surface area contributed by atoms with Crippen LogP contribution in [0.1, 0.15) is 30.6 Å². The molecule has 3 aromatic heterocycles. The van der Waals surface area contributed by atoms with Crippen LogP contribution in [0, 0.1) is 6.92 Å². The number of aromatic nitrogens is 4. The highest BCUT2D eigenvalue weighted by atomic mass is 16.3. The molecule has 0 aliphatic carbocycles. The second kappa shape index (κ2) is 10.7. The summed E-state index contributed by atoms with van der Waals surface area (Å²) in [6.07, 6.45) is 7.24. The van der Waals surface area contributed by atoms with Crippen molar-refractivity contribution < 1.29 is 14.0 Å². The van der Waals surface area contributed by atoms with E-state index >= 15 is 0 Å². The lowest BCUT2D eigenvalue weighted by molar-refractivity contribution is -0.120. The summed E-state index contributed by atoms with van der Waals surface area (Å²) >= 11 is 0. The first-order chi connectivity index (χ1) is 16.9. The van der Waals surface area contributed by atoms with Gasteiger partial charge in [0.1, 0.15) is 17.7 Å². The van der Waals surface area contributed by atoms with Crippen LogP contribution in [-0.4, -0.2) is 51.1 Å². The van der Waals surface area contributed by atoms with Gasteiger partial charge in [0.2, 0.25) is 11.9 Å². The van der Waals surface area contributed by atoms with Gasteiger partial charge in [0.25, 0.3) is 0 Å². The Morgan fingerprint density at radius 1 is 1.23 bits per heavy atom. The van der Waals surface area contributed by atoms with Crippen LogP contribution in [0.4, 0.5) is 10.6 Å². The molecule has 182 valence electrons. The maximum absolute atomic E-state index is 13.0. The largest absolute Gasteiger partial charge is 0.464 e. The van der Waals surface area contributed by atoms with E-state index < -0.39 is 6.03 Å². The van der Waals surface area contributed by atoms with E-state index in [1.165, 1.54) is 0 Å². The van der Waals surface area contributed by atoms with Gasteiger partial charge in [-0.3, -0.25) is 9.36 Å². The first-order valence-corrected chi connectivity index (χ1v) is 11.3. The van der Waals surface area contributed by atoms with Crippen LogP contribution in [0.2, 0.25) is 0 Å². The van der Waals surface area contributed by atoms with E-state index in [-0.39, 0.29) is 18.5 Å². The fraction of sp³-hybridized carbons (Fsp3) is 0.292. The third-order valence-electron chi connectivity index (χ3n) is 5.48. The Labute approximate surface area is 202 Å². The molecule has 1 aromatic carbocycles. The number of nitrogens with two attached hydrogens (primary N) is 1. The predicted octanol–water partition coefficient (Wildman–Crippen LogP) is 2.46. The number of imidazole rings is 1. The molecule has 0 aliphatic heterocycles. The summed E-state index contributed by atoms with van der Waals surface area (Å²) < 4.78 is 7.10. The Balaban J connectivity index is 1.49. The quantitative estimate of drug-likeness (QED) is 0.298. The highest BCUT2D eigenvalue weighted by Crippen LogP contribution is 2.21. The minimum absolute atomic E-state index is 0.0781. The number of nitrogens with zero attached hydrogens (tertiary/aromatic N) is 5. The fourth-order valence-corrected chi connectivity index (χ4v) is 3.75. The minimum Gasteiger partial charge on any atom is -0.464 e. The van der Waals surface area contributed by atoms with Crippen molar-refractivity contribution in [3.63, 3.8) is 0 Å². The Morgan fingerprint density at radius 2 is 2.09 bits per heavy atom. The molecule has 0 saturated carbocycles. The van der Waals surface area contributed by atoms with Gasteiger partial charge in [-0.15, -0.1) is 0 Å². The number of anilines is 1. The summed E-state index contributed by atoms with van der Waals surface area (Å²) in [6, 6.07) is 8.77. The lowest BCUT2D eigenvalue weighted by atomic mass is 10.1. The van der Waals surface area contributed by atoms with Gasteiger partial charge in [-0.25, -0.2) is 14.8 Å². The molecule has 3 heterocycles. The molecular formula is C24H28N8O3. The average molecular weight is 477 g/mol. The van der Waals surface area contributed by atoms with Crippen molar-refractivity contribution in [2.24, 2.45) is 5.73 Å². The summed E-state index contributed by atoms with van der Waals surface area (Å²) in [5.41, 5.74) is 7.70. The van der Waals surface area contributed by atoms with Crippen molar-refractivity contribution in [3.8, 4) is 5.95 Å². The Morgan fingerprint density at radius 3 is 2.86 bits per heavy atom. The van der Waals surface area contributed by atoms with Crippen molar-refractivity contribution in [2.75, 3.05) is 24.5 Å². The van der Waals surface area contributed by atoms with Crippen LogP contribution in [0.15, 0.2) is 59.7 Å². The van der Waals surface area contributed by atoms with E-state index in [0.717, 1.165) is 22.2 Å². The number of amides is 3. The number of rotatable bonds is 10. The third kappa shape index (κ3) is 6.14. The Hall–Kier alpha value is -4.41. The highest BCUT2D eigenvalue weighted by Gasteiger charge is 2.18. The Kier molecular flexibility index (Phi) is 7.24. The monoisotopic (exact) mass is 476 g/mol. The lowest BCUT2D eigenvalue weighted by Crippen LogP contribution is -2.40. The number of nitrogens with one attached hydrogen (secondary N) is 2. The molecule has 11 heteroatoms. The average Bonchev–Trinajstić information content (AvgIpc) is 3.52. The molecule has 1 atom stereocenters. The zero-order valence-electron chi connectivity index (χ0n) is 19.6. The first kappa shape index (κ1) is 23.7. The van der Waals surface area contributed by atoms with Crippen molar-refractivity contribution in [1.29, 1.82) is 0 Å². The Bertz CT molecular complexity index is 1300. The van der Waals surface area contributed by atoms with Crippen LogP contribution in [0.5, 0.6) is 0 Å². The number of urea groups is 1. The normalized spacial score (nSPS) is 11.8. The molecule has 4 rings (SSSR count). The number of hydrogen-bond acceptors (Lipinski definition) is 7. The fourth-order valence-electron chi connectivity index (χ4n) is 3.75. The van der Waals surface area contributed by atoms with Gasteiger partial charge < -0.3 is 25.7 Å². The van der Waals surface area contributed by atoms with Gasteiger partial charge in [-0.05, 0) is 44.0 Å². The molecule has 11 nitrogen and oxygen atoms in total. The third-order valence-corrected chi connectivity index (χ3v) is 5.48. The van der Waals surface area contributed by atoms with E-state index in [1.54, 1.807) is 29.6 Å². The molecule has 0 saturated heterocycles. The molecule has 0 aliphatic rings. The van der Waals surface area contributed by atoms with E-state index in [4.69, 9.17) is 10.2 Å². The van der Waals surface area contributed by atoms with Gasteiger partial charge in [-0.2, -0.15) is 4.98 Å². The first-order valence-electron chi connectivity index (χ1n) is 11.3. The second-order valence-corrected chi connectivity index (χ2v) is 8.21. The van der Waals surface area contributed by atoms with Gasteiger partial charge in [-0.1, -0.05) is 6.07 Å². The molecule has 0 radical (unpaired) electrons. The van der Waals surface area contributed by atoms with E-state index in [0.29, 0.717) is 31.3 Å². The number of hydrogen-bond donors (Lipinski definition) is 3. The summed E-state index contributed by atoms with van der Waals surface area (Å²) in [4.78, 5) is 39.1. The van der Waals surface area contributed by atoms with Gasteiger partial charge in [0.15, 0.2) is 0 Å². The highest BCUT2D eigenvalue weighted by molar-refractivity contribution is 5.82. The number of carbonyl (C=O) groups excluding carboxylic acids is 2.